The Hall–Kier alpha value is -2.12. The van der Waals surface area contributed by atoms with E-state index >= 15 is 0 Å². The van der Waals surface area contributed by atoms with Crippen LogP contribution < -0.4 is 5.32 Å². The van der Waals surface area contributed by atoms with Gasteiger partial charge in [0, 0.05) is 12.5 Å². The van der Waals surface area contributed by atoms with Crippen LogP contribution in [0.3, 0.4) is 0 Å². The quantitative estimate of drug-likeness (QED) is 0.535. The first-order chi connectivity index (χ1) is 12.2. The molecule has 26 heavy (non-hydrogen) atoms. The molecule has 1 fully saturated rings. The van der Waals surface area contributed by atoms with Gasteiger partial charge in [0.25, 0.3) is 0 Å². The van der Waals surface area contributed by atoms with Gasteiger partial charge in [-0.1, -0.05) is 33.6 Å². The van der Waals surface area contributed by atoms with Crippen LogP contribution in [0.4, 0.5) is 0 Å². The molecule has 0 spiro atoms. The lowest BCUT2D eigenvalue weighted by molar-refractivity contribution is -0.150. The molecule has 0 aromatic heterocycles. The van der Waals surface area contributed by atoms with Crippen LogP contribution in [0.15, 0.2) is 0 Å². The molecule has 1 aliphatic rings. The van der Waals surface area contributed by atoms with Crippen molar-refractivity contribution < 1.29 is 29.4 Å². The highest BCUT2D eigenvalue weighted by Crippen LogP contribution is 2.24. The third-order valence-electron chi connectivity index (χ3n) is 4.72. The molecule has 8 heteroatoms. The zero-order valence-electron chi connectivity index (χ0n) is 15.7. The van der Waals surface area contributed by atoms with E-state index in [0.717, 1.165) is 12.8 Å². The van der Waals surface area contributed by atoms with Crippen LogP contribution >= 0.6 is 0 Å². The van der Waals surface area contributed by atoms with Gasteiger partial charge in [0.1, 0.15) is 12.1 Å². The molecular weight excluding hydrogens is 340 g/mol. The van der Waals surface area contributed by atoms with Gasteiger partial charge in [0.15, 0.2) is 0 Å². The van der Waals surface area contributed by atoms with Gasteiger partial charge < -0.3 is 20.4 Å². The maximum Gasteiger partial charge on any atom is 0.326 e. The van der Waals surface area contributed by atoms with E-state index in [4.69, 9.17) is 5.11 Å². The van der Waals surface area contributed by atoms with Gasteiger partial charge in [-0.2, -0.15) is 0 Å². The molecule has 1 aliphatic heterocycles. The number of hydrogen-bond acceptors (Lipinski definition) is 4. The van der Waals surface area contributed by atoms with E-state index in [9.17, 15) is 24.3 Å². The second-order valence-corrected chi connectivity index (χ2v) is 7.12. The average molecular weight is 370 g/mol. The van der Waals surface area contributed by atoms with Gasteiger partial charge in [-0.25, -0.2) is 4.79 Å². The molecule has 3 atom stereocenters. The molecule has 3 N–H and O–H groups in total. The van der Waals surface area contributed by atoms with Crippen molar-refractivity contribution in [2.24, 2.45) is 11.8 Å². The molecule has 1 saturated heterocycles. The lowest BCUT2D eigenvalue weighted by atomic mass is 9.96. The molecule has 0 aromatic carbocycles. The monoisotopic (exact) mass is 370 g/mol. The molecule has 8 nitrogen and oxygen atoms in total. The van der Waals surface area contributed by atoms with E-state index < -0.39 is 36.4 Å². The smallest absolute Gasteiger partial charge is 0.326 e. The van der Waals surface area contributed by atoms with E-state index in [1.54, 1.807) is 0 Å². The Bertz CT molecular complexity index is 530. The minimum Gasteiger partial charge on any atom is -0.481 e. The number of aliphatic carboxylic acids is 2. The highest BCUT2D eigenvalue weighted by molar-refractivity contribution is 5.93. The van der Waals surface area contributed by atoms with Crippen LogP contribution in [0.5, 0.6) is 0 Å². The Kier molecular flexibility index (Phi) is 8.54. The minimum atomic E-state index is -1.25. The van der Waals surface area contributed by atoms with E-state index in [2.05, 4.69) is 5.32 Å². The van der Waals surface area contributed by atoms with Crippen LogP contribution in [-0.2, 0) is 19.2 Å². The zero-order valence-corrected chi connectivity index (χ0v) is 15.7. The number of nitrogens with zero attached hydrogens (tertiary/aromatic N) is 1. The summed E-state index contributed by atoms with van der Waals surface area (Å²) in [4.78, 5) is 49.1. The van der Waals surface area contributed by atoms with Gasteiger partial charge in [0.2, 0.25) is 11.8 Å². The molecule has 0 radical (unpaired) electrons. The first-order valence-corrected chi connectivity index (χ1v) is 9.26. The third kappa shape index (κ3) is 6.00. The summed E-state index contributed by atoms with van der Waals surface area (Å²) in [5, 5.41) is 21.0. The van der Waals surface area contributed by atoms with E-state index in [1.807, 2.05) is 20.8 Å². The average Bonchev–Trinajstić information content (AvgIpc) is 2.95. The number of carboxylic acid groups (broad SMARTS) is 2. The first-order valence-electron chi connectivity index (χ1n) is 9.26. The Balaban J connectivity index is 2.94. The second-order valence-electron chi connectivity index (χ2n) is 7.12. The van der Waals surface area contributed by atoms with Crippen molar-refractivity contribution in [2.75, 3.05) is 6.54 Å². The lowest BCUT2D eigenvalue weighted by Gasteiger charge is -2.28. The summed E-state index contributed by atoms with van der Waals surface area (Å²) in [6.45, 7) is 6.00. The summed E-state index contributed by atoms with van der Waals surface area (Å²) in [6.07, 6.45) is 2.69. The molecular formula is C18H30N2O6. The Labute approximate surface area is 153 Å². The van der Waals surface area contributed by atoms with Crippen LogP contribution in [0.2, 0.25) is 0 Å². The summed E-state index contributed by atoms with van der Waals surface area (Å²) in [5.41, 5.74) is 0. The number of carbonyl (C=O) groups excluding carboxylic acids is 2. The van der Waals surface area contributed by atoms with Crippen molar-refractivity contribution in [3.63, 3.8) is 0 Å². The highest BCUT2D eigenvalue weighted by Gasteiger charge is 2.41. The third-order valence-corrected chi connectivity index (χ3v) is 4.72. The van der Waals surface area contributed by atoms with Gasteiger partial charge >= 0.3 is 11.9 Å². The van der Waals surface area contributed by atoms with Crippen LogP contribution in [0, 0.1) is 11.8 Å². The van der Waals surface area contributed by atoms with Gasteiger partial charge in [0.05, 0.1) is 6.42 Å². The number of hydrogen-bond donors (Lipinski definition) is 3. The predicted octanol–water partition coefficient (Wildman–Crippen LogP) is 1.48. The van der Waals surface area contributed by atoms with E-state index in [0.29, 0.717) is 19.3 Å². The SMILES string of the molecule is CCCC(CCC)C(=O)N[C@@H](CC(=O)O)C(=O)N1CC(C)C[C@H]1C(=O)O. The van der Waals surface area contributed by atoms with Crippen LogP contribution in [-0.4, -0.2) is 57.5 Å². The van der Waals surface area contributed by atoms with Gasteiger partial charge in [-0.3, -0.25) is 14.4 Å². The molecule has 1 rings (SSSR count). The topological polar surface area (TPSA) is 124 Å². The number of amides is 2. The molecule has 1 heterocycles. The molecule has 0 saturated carbocycles. The van der Waals surface area contributed by atoms with Gasteiger partial charge in [-0.05, 0) is 25.2 Å². The molecule has 148 valence electrons. The summed E-state index contributed by atoms with van der Waals surface area (Å²) in [5.74, 6) is -3.57. The van der Waals surface area contributed by atoms with E-state index in [-0.39, 0.29) is 24.3 Å². The summed E-state index contributed by atoms with van der Waals surface area (Å²) >= 11 is 0. The number of likely N-dealkylation sites (tertiary alicyclic amines) is 1. The highest BCUT2D eigenvalue weighted by atomic mass is 16.4. The van der Waals surface area contributed by atoms with Crippen molar-refractivity contribution >= 4 is 23.8 Å². The first kappa shape index (κ1) is 21.9. The van der Waals surface area contributed by atoms with Crippen molar-refractivity contribution in [3.8, 4) is 0 Å². The van der Waals surface area contributed by atoms with E-state index in [1.165, 1.54) is 4.90 Å². The molecule has 0 bridgehead atoms. The Morgan fingerprint density at radius 3 is 2.15 bits per heavy atom. The minimum absolute atomic E-state index is 0.00848. The number of rotatable bonds is 10. The molecule has 2 amide bonds. The summed E-state index contributed by atoms with van der Waals surface area (Å²) in [6, 6.07) is -2.23. The lowest BCUT2D eigenvalue weighted by Crippen LogP contribution is -2.53. The second kappa shape index (κ2) is 10.1. The largest absolute Gasteiger partial charge is 0.481 e. The van der Waals surface area contributed by atoms with Gasteiger partial charge in [-0.15, -0.1) is 0 Å². The number of nitrogens with one attached hydrogen (secondary N) is 1. The maximum absolute atomic E-state index is 12.8. The molecule has 1 unspecified atom stereocenters. The fourth-order valence-corrected chi connectivity index (χ4v) is 3.49. The summed E-state index contributed by atoms with van der Waals surface area (Å²) < 4.78 is 0. The van der Waals surface area contributed by atoms with Crippen molar-refractivity contribution in [1.29, 1.82) is 0 Å². The Morgan fingerprint density at radius 2 is 1.69 bits per heavy atom. The fraction of sp³-hybridized carbons (Fsp3) is 0.778. The maximum atomic E-state index is 12.8. The molecule has 0 aliphatic carbocycles. The normalized spacial score (nSPS) is 20.8. The van der Waals surface area contributed by atoms with Crippen molar-refractivity contribution in [1.82, 2.24) is 10.2 Å². The Morgan fingerprint density at radius 1 is 1.12 bits per heavy atom. The fourth-order valence-electron chi connectivity index (χ4n) is 3.49. The number of carboxylic acids is 2. The van der Waals surface area contributed by atoms with Crippen LogP contribution in [0.25, 0.3) is 0 Å². The predicted molar refractivity (Wildman–Crippen MR) is 94.4 cm³/mol. The zero-order chi connectivity index (χ0) is 19.9. The van der Waals surface area contributed by atoms with Crippen molar-refractivity contribution in [2.45, 2.75) is 71.4 Å². The standard InChI is InChI=1S/C18H30N2O6/c1-4-6-12(7-5-2)16(23)19-13(9-15(21)22)17(24)20-10-11(3)8-14(20)18(25)26/h11-14H,4-10H2,1-3H3,(H,19,23)(H,21,22)(H,25,26)/t11?,13-,14-/m0/s1. The number of carbonyl (C=O) groups is 4. The van der Waals surface area contributed by atoms with Crippen molar-refractivity contribution in [3.05, 3.63) is 0 Å². The summed E-state index contributed by atoms with van der Waals surface area (Å²) in [7, 11) is 0. The molecule has 0 aromatic rings. The van der Waals surface area contributed by atoms with Crippen LogP contribution in [0.1, 0.15) is 59.3 Å².